The van der Waals surface area contributed by atoms with Crippen molar-refractivity contribution < 1.29 is 0 Å². The van der Waals surface area contributed by atoms with Gasteiger partial charge in [0.15, 0.2) is 0 Å². The lowest BCUT2D eigenvalue weighted by atomic mass is 9.93. The highest BCUT2D eigenvalue weighted by atomic mass is 15.0. The van der Waals surface area contributed by atoms with Gasteiger partial charge in [0, 0.05) is 45.7 Å². The van der Waals surface area contributed by atoms with Gasteiger partial charge in [-0.25, -0.2) is 0 Å². The molecule has 2 heterocycles. The SMILES string of the molecule is c1ccc2c(-c3ccc(-c4ccc(-c5ccc6c(c5)c(-c5ccc(-c7ccc(-c8cccc9ccccc89)cc7)cc5)cn6-c5ccc(-c6cc7ccccc7c7ccccc67)cc5)cc4)cc3)cccc2c1.c1ccc2cc(-c3ccc(-c4ccc5c(c4)c(-c4ccc(-c6ccc7ccccc7c6)cc4)cn5-c4ccc(-c5cc6ccccc6c6ccccc56)cc4)cc3)ccc2c1. The van der Waals surface area contributed by atoms with Crippen LogP contribution in [0.5, 0.6) is 0 Å². The number of fused-ring (bicyclic) bond motifs is 12. The Hall–Kier alpha value is -17.6. The molecule has 2 aromatic heterocycles. The molecule has 2 nitrogen and oxygen atoms in total. The Balaban J connectivity index is 0.000000146. The van der Waals surface area contributed by atoms with E-state index in [0.717, 1.165) is 11.4 Å². The summed E-state index contributed by atoms with van der Waals surface area (Å²) in [6, 6.07) is 187. The van der Waals surface area contributed by atoms with Crippen LogP contribution in [0, 0.1) is 0 Å². The molecule has 0 saturated carbocycles. The van der Waals surface area contributed by atoms with E-state index in [9.17, 15) is 0 Å². The standard InChI is InChI=1S/C72H47N.C60H39N/c1-4-16-62-53(11-1)14-9-21-64(62)55-33-27-49(28-34-55)48-23-25-52(26-24-48)59-41-44-72-70(45-59)71(58-37-31-51(32-38-58)50-29-35-56(36-30-50)65-22-10-15-54-12-2-5-17-63(54)65)47-73(72)61-42-39-57(40-43-61)69-46-60-13-3-6-18-66(60)67-19-7-8-20-68(67)69;1-3-11-47-35-49(27-23-40(47)9-1)42-17-19-44(20-18-42)51-31-34-60-58(37-51)59(46-25-21-43(22-26-46)50-28-24-41-10-2-4-12-48(41)36-50)39-61(60)53-32-29-45(30-33-53)57-38-52-13-5-6-14-54(52)55-15-7-8-16-56(55)57/h1-47H;1-39H. The fraction of sp³-hybridized carbons (Fsp3) is 0. The van der Waals surface area contributed by atoms with E-state index in [4.69, 9.17) is 0 Å². The third-order valence-electron chi connectivity index (χ3n) is 27.7. The Bertz CT molecular complexity index is 9020. The molecule has 0 radical (unpaired) electrons. The van der Waals surface area contributed by atoms with Gasteiger partial charge in [-0.3, -0.25) is 0 Å². The molecule has 2 heteroatoms. The molecule has 0 bridgehead atoms. The maximum atomic E-state index is 2.38. The monoisotopic (exact) mass is 1700 g/mol. The minimum atomic E-state index is 1.12. The molecule has 0 unspecified atom stereocenters. The first-order chi connectivity index (χ1) is 66.4. The molecule has 624 valence electrons. The van der Waals surface area contributed by atoms with Crippen molar-refractivity contribution in [2.75, 3.05) is 0 Å². The van der Waals surface area contributed by atoms with E-state index in [0.29, 0.717) is 0 Å². The van der Waals surface area contributed by atoms with Crippen molar-refractivity contribution in [3.8, 4) is 145 Å². The molecule has 0 atom stereocenters. The van der Waals surface area contributed by atoms with Crippen LogP contribution in [-0.4, -0.2) is 9.13 Å². The zero-order valence-corrected chi connectivity index (χ0v) is 73.5. The molecule has 0 spiro atoms. The smallest absolute Gasteiger partial charge is 0.0535 e. The third kappa shape index (κ3) is 14.5. The maximum Gasteiger partial charge on any atom is 0.0535 e. The maximum absolute atomic E-state index is 2.38. The van der Waals surface area contributed by atoms with Gasteiger partial charge in [-0.05, 0) is 281 Å². The van der Waals surface area contributed by atoms with E-state index in [-0.39, 0.29) is 0 Å². The Morgan fingerprint density at radius 1 is 0.104 bits per heavy atom. The summed E-state index contributed by atoms with van der Waals surface area (Å²) in [6.07, 6.45) is 4.65. The largest absolute Gasteiger partial charge is 0.316 e. The van der Waals surface area contributed by atoms with Gasteiger partial charge >= 0.3 is 0 Å². The second kappa shape index (κ2) is 33.5. The van der Waals surface area contributed by atoms with Gasteiger partial charge in [0.1, 0.15) is 0 Å². The van der Waals surface area contributed by atoms with E-state index in [1.807, 2.05) is 0 Å². The van der Waals surface area contributed by atoms with Gasteiger partial charge in [0.05, 0.1) is 11.0 Å². The van der Waals surface area contributed by atoms with Gasteiger partial charge in [-0.1, -0.05) is 437 Å². The summed E-state index contributed by atoms with van der Waals surface area (Å²) in [5.41, 5.74) is 33.7. The summed E-state index contributed by atoms with van der Waals surface area (Å²) >= 11 is 0. The lowest BCUT2D eigenvalue weighted by Gasteiger charge is -2.12. The quantitative estimate of drug-likeness (QED) is 0.0961. The third-order valence-corrected chi connectivity index (χ3v) is 27.7. The van der Waals surface area contributed by atoms with E-state index >= 15 is 0 Å². The second-order valence-electron chi connectivity index (χ2n) is 35.4. The average molecular weight is 1700 g/mol. The number of hydrogen-bond donors (Lipinski definition) is 0. The zero-order valence-electron chi connectivity index (χ0n) is 73.5. The van der Waals surface area contributed by atoms with Crippen LogP contribution < -0.4 is 0 Å². The van der Waals surface area contributed by atoms with Crippen LogP contribution in [0.1, 0.15) is 0 Å². The Morgan fingerprint density at radius 2 is 0.336 bits per heavy atom. The highest BCUT2D eigenvalue weighted by Crippen LogP contribution is 2.45. The number of rotatable bonds is 14. The summed E-state index contributed by atoms with van der Waals surface area (Å²) in [5.74, 6) is 0. The van der Waals surface area contributed by atoms with Crippen LogP contribution in [0.3, 0.4) is 0 Å². The summed E-state index contributed by atoms with van der Waals surface area (Å²) in [4.78, 5) is 0. The van der Waals surface area contributed by atoms with Crippen molar-refractivity contribution in [1.29, 1.82) is 0 Å². The highest BCUT2D eigenvalue weighted by molar-refractivity contribution is 6.16. The van der Waals surface area contributed by atoms with E-state index in [2.05, 4.69) is 531 Å². The molecular formula is C132H86N2. The van der Waals surface area contributed by atoms with Gasteiger partial charge in [0.25, 0.3) is 0 Å². The van der Waals surface area contributed by atoms with Crippen molar-refractivity contribution in [3.63, 3.8) is 0 Å². The highest BCUT2D eigenvalue weighted by Gasteiger charge is 2.21. The first kappa shape index (κ1) is 78.7. The first-order valence-electron chi connectivity index (χ1n) is 46.3. The molecule has 0 aliphatic carbocycles. The summed E-state index contributed by atoms with van der Waals surface area (Å²) in [7, 11) is 0. The number of aromatic nitrogens is 2. The van der Waals surface area contributed by atoms with E-state index < -0.39 is 0 Å². The normalized spacial score (nSPS) is 11.6. The molecule has 0 aliphatic rings. The molecule has 0 fully saturated rings. The summed E-state index contributed by atoms with van der Waals surface area (Å²) in [6.45, 7) is 0. The van der Waals surface area contributed by atoms with Crippen molar-refractivity contribution >= 4 is 108 Å². The second-order valence-corrected chi connectivity index (χ2v) is 35.4. The predicted molar refractivity (Wildman–Crippen MR) is 572 cm³/mol. The van der Waals surface area contributed by atoms with Gasteiger partial charge < -0.3 is 9.13 Å². The molecule has 0 saturated heterocycles. The molecule has 0 amide bonds. The predicted octanol–water partition coefficient (Wildman–Crippen LogP) is 36.5. The topological polar surface area (TPSA) is 9.86 Å². The first-order valence-corrected chi connectivity index (χ1v) is 46.3. The summed E-state index contributed by atoms with van der Waals surface area (Å²) in [5, 5.41) is 22.7. The molecule has 134 heavy (non-hydrogen) atoms. The summed E-state index contributed by atoms with van der Waals surface area (Å²) < 4.78 is 4.72. The zero-order chi connectivity index (χ0) is 88.5. The molecule has 26 rings (SSSR count). The van der Waals surface area contributed by atoms with Crippen molar-refractivity contribution in [3.05, 3.63) is 522 Å². The Morgan fingerprint density at radius 3 is 0.687 bits per heavy atom. The lowest BCUT2D eigenvalue weighted by molar-refractivity contribution is 1.13. The van der Waals surface area contributed by atoms with Crippen molar-refractivity contribution in [2.45, 2.75) is 0 Å². The van der Waals surface area contributed by atoms with Crippen LogP contribution >= 0.6 is 0 Å². The number of hydrogen-bond acceptors (Lipinski definition) is 0. The molecule has 0 aliphatic heterocycles. The van der Waals surface area contributed by atoms with Crippen molar-refractivity contribution in [2.24, 2.45) is 0 Å². The van der Waals surface area contributed by atoms with Crippen LogP contribution in [-0.2, 0) is 0 Å². The molecule has 24 aromatic carbocycles. The molecule has 26 aromatic rings. The van der Waals surface area contributed by atoms with Crippen LogP contribution in [0.15, 0.2) is 522 Å². The van der Waals surface area contributed by atoms with Gasteiger partial charge in [-0.2, -0.15) is 0 Å². The van der Waals surface area contributed by atoms with Gasteiger partial charge in [-0.15, -0.1) is 0 Å². The Kier molecular flexibility index (Phi) is 19.7. The molecular weight excluding hydrogens is 1610 g/mol. The van der Waals surface area contributed by atoms with E-state index in [1.165, 1.54) is 242 Å². The number of benzene rings is 24. The van der Waals surface area contributed by atoms with Crippen molar-refractivity contribution in [1.82, 2.24) is 9.13 Å². The number of nitrogens with zero attached hydrogens (tertiary/aromatic N) is 2. The fourth-order valence-electron chi connectivity index (χ4n) is 20.7. The minimum absolute atomic E-state index is 1.12. The van der Waals surface area contributed by atoms with E-state index in [1.54, 1.807) is 0 Å². The fourth-order valence-corrected chi connectivity index (χ4v) is 20.7. The molecule has 0 N–H and O–H groups in total. The van der Waals surface area contributed by atoms with Gasteiger partial charge in [0.2, 0.25) is 0 Å². The van der Waals surface area contributed by atoms with Crippen LogP contribution in [0.4, 0.5) is 0 Å². The minimum Gasteiger partial charge on any atom is -0.316 e. The van der Waals surface area contributed by atoms with Crippen LogP contribution in [0.2, 0.25) is 0 Å². The Labute approximate surface area is 778 Å². The van der Waals surface area contributed by atoms with Crippen LogP contribution in [0.25, 0.3) is 253 Å². The lowest BCUT2D eigenvalue weighted by Crippen LogP contribution is -1.92. The average Bonchev–Trinajstić information content (AvgIpc) is 1.09.